The molecule has 0 unspecified atom stereocenters. The lowest BCUT2D eigenvalue weighted by atomic mass is 10.0. The fourth-order valence-corrected chi connectivity index (χ4v) is 5.28. The Kier molecular flexibility index (Phi) is 5.58. The third-order valence-corrected chi connectivity index (χ3v) is 7.09. The van der Waals surface area contributed by atoms with Gasteiger partial charge in [-0.3, -0.25) is 9.59 Å². The maximum atomic E-state index is 13.4. The third-order valence-electron chi connectivity index (χ3n) is 6.27. The molecular weight excluding hydrogens is 476 g/mol. The van der Waals surface area contributed by atoms with Crippen molar-refractivity contribution in [1.82, 2.24) is 4.98 Å². The van der Waals surface area contributed by atoms with Crippen LogP contribution in [0.4, 0.5) is 5.69 Å². The maximum absolute atomic E-state index is 13.4. The monoisotopic (exact) mass is 496 g/mol. The second-order valence-corrected chi connectivity index (χ2v) is 9.54. The van der Waals surface area contributed by atoms with Crippen molar-refractivity contribution < 1.29 is 23.9 Å². The van der Waals surface area contributed by atoms with Crippen LogP contribution in [0.5, 0.6) is 5.75 Å². The number of allylic oxidation sites excluding steroid dienone is 1. The minimum Gasteiger partial charge on any atom is -0.482 e. The molecule has 0 atom stereocenters. The first-order valence-electron chi connectivity index (χ1n) is 11.5. The number of thiophene rings is 1. The predicted molar refractivity (Wildman–Crippen MR) is 137 cm³/mol. The van der Waals surface area contributed by atoms with Crippen LogP contribution in [0, 0.1) is 0 Å². The summed E-state index contributed by atoms with van der Waals surface area (Å²) in [5, 5.41) is 5.41. The number of carbonyl (C=O) groups excluding carboxylic acids is 3. The molecule has 8 heteroatoms. The molecule has 178 valence electrons. The Balaban J connectivity index is 1.29. The number of fused-ring (bicyclic) bond motifs is 3. The van der Waals surface area contributed by atoms with Gasteiger partial charge in [-0.25, -0.2) is 9.78 Å². The molecule has 0 bridgehead atoms. The quantitative estimate of drug-likeness (QED) is 0.303. The standard InChI is InChI=1S/C28H20N2O5S/c31-23(16-8-10-24-22(13-16)29-25(32)15-34-24)14-35-28(33)26-19-5-1-2-6-21(19)30-27-17(7-9-20(26)27)12-18-4-3-11-36-18/h1-6,8,10-13H,7,9,14-15H2,(H,29,32)/b17-12+. The molecule has 3 heterocycles. The summed E-state index contributed by atoms with van der Waals surface area (Å²) in [6, 6.07) is 16.3. The van der Waals surface area contributed by atoms with E-state index in [4.69, 9.17) is 14.5 Å². The highest BCUT2D eigenvalue weighted by atomic mass is 32.1. The van der Waals surface area contributed by atoms with Gasteiger partial charge in [-0.15, -0.1) is 11.3 Å². The van der Waals surface area contributed by atoms with Crippen molar-refractivity contribution in [1.29, 1.82) is 0 Å². The van der Waals surface area contributed by atoms with Gasteiger partial charge < -0.3 is 14.8 Å². The fourth-order valence-electron chi connectivity index (χ4n) is 4.60. The van der Waals surface area contributed by atoms with Crippen molar-refractivity contribution in [2.75, 3.05) is 18.5 Å². The second kappa shape index (κ2) is 9.05. The zero-order valence-corrected chi connectivity index (χ0v) is 19.9. The Morgan fingerprint density at radius 1 is 1.11 bits per heavy atom. The van der Waals surface area contributed by atoms with Gasteiger partial charge in [-0.05, 0) is 65.8 Å². The van der Waals surface area contributed by atoms with Gasteiger partial charge in [-0.2, -0.15) is 0 Å². The Morgan fingerprint density at radius 3 is 2.86 bits per heavy atom. The molecule has 2 aliphatic rings. The molecule has 0 saturated heterocycles. The van der Waals surface area contributed by atoms with Gasteiger partial charge in [0.25, 0.3) is 5.91 Å². The molecule has 0 saturated carbocycles. The lowest BCUT2D eigenvalue weighted by molar-refractivity contribution is -0.118. The molecule has 0 radical (unpaired) electrons. The molecule has 2 aromatic heterocycles. The number of benzene rings is 2. The number of para-hydroxylation sites is 1. The topological polar surface area (TPSA) is 94.6 Å². The molecule has 4 aromatic rings. The minimum absolute atomic E-state index is 0.0631. The van der Waals surface area contributed by atoms with Gasteiger partial charge in [0.15, 0.2) is 19.0 Å². The van der Waals surface area contributed by atoms with Gasteiger partial charge in [0.1, 0.15) is 5.75 Å². The van der Waals surface area contributed by atoms with E-state index >= 15 is 0 Å². The first-order valence-corrected chi connectivity index (χ1v) is 12.4. The van der Waals surface area contributed by atoms with Crippen LogP contribution in [-0.2, 0) is 16.0 Å². The molecule has 0 spiro atoms. The summed E-state index contributed by atoms with van der Waals surface area (Å²) >= 11 is 1.65. The number of esters is 1. The maximum Gasteiger partial charge on any atom is 0.339 e. The van der Waals surface area contributed by atoms with Gasteiger partial charge in [0.2, 0.25) is 0 Å². The summed E-state index contributed by atoms with van der Waals surface area (Å²) < 4.78 is 10.9. The van der Waals surface area contributed by atoms with Crippen molar-refractivity contribution in [3.8, 4) is 5.75 Å². The number of aromatic nitrogens is 1. The van der Waals surface area contributed by atoms with E-state index in [-0.39, 0.29) is 18.3 Å². The molecule has 6 rings (SSSR count). The number of amides is 1. The number of ketones is 1. The lowest BCUT2D eigenvalue weighted by Gasteiger charge is -2.18. The number of hydrogen-bond acceptors (Lipinski definition) is 7. The highest BCUT2D eigenvalue weighted by Crippen LogP contribution is 2.38. The highest BCUT2D eigenvalue weighted by Gasteiger charge is 2.28. The first-order chi connectivity index (χ1) is 17.6. The number of nitrogens with zero attached hydrogens (tertiary/aromatic N) is 1. The number of nitrogens with one attached hydrogen (secondary N) is 1. The third kappa shape index (κ3) is 4.05. The summed E-state index contributed by atoms with van der Waals surface area (Å²) in [6.07, 6.45) is 3.57. The van der Waals surface area contributed by atoms with E-state index in [1.807, 2.05) is 35.7 Å². The Labute approximate surface area is 210 Å². The summed E-state index contributed by atoms with van der Waals surface area (Å²) in [5.41, 5.74) is 4.66. The van der Waals surface area contributed by atoms with Crippen LogP contribution in [-0.4, -0.2) is 35.9 Å². The molecule has 36 heavy (non-hydrogen) atoms. The van der Waals surface area contributed by atoms with E-state index < -0.39 is 12.6 Å². The summed E-state index contributed by atoms with van der Waals surface area (Å²) in [7, 11) is 0. The Morgan fingerprint density at radius 2 is 2.00 bits per heavy atom. The zero-order chi connectivity index (χ0) is 24.6. The number of hydrogen-bond donors (Lipinski definition) is 1. The van der Waals surface area contributed by atoms with Crippen molar-refractivity contribution in [2.45, 2.75) is 12.8 Å². The SMILES string of the molecule is O=C1COc2ccc(C(=O)COC(=O)c3c4c(nc5ccccc35)/C(=C/c3cccs3)CC4)cc2N1. The lowest BCUT2D eigenvalue weighted by Crippen LogP contribution is -2.25. The molecule has 1 aliphatic carbocycles. The van der Waals surface area contributed by atoms with Crippen LogP contribution in [0.2, 0.25) is 0 Å². The van der Waals surface area contributed by atoms with Crippen LogP contribution < -0.4 is 10.1 Å². The van der Waals surface area contributed by atoms with E-state index in [1.54, 1.807) is 23.5 Å². The largest absolute Gasteiger partial charge is 0.482 e. The van der Waals surface area contributed by atoms with Gasteiger partial charge >= 0.3 is 5.97 Å². The van der Waals surface area contributed by atoms with Crippen LogP contribution >= 0.6 is 11.3 Å². The van der Waals surface area contributed by atoms with Crippen LogP contribution in [0.1, 0.15) is 43.3 Å². The predicted octanol–water partition coefficient (Wildman–Crippen LogP) is 5.15. The number of Topliss-reactive ketones (excluding diaryl/α,β-unsaturated/α-hetero) is 1. The van der Waals surface area contributed by atoms with Crippen molar-refractivity contribution in [3.63, 3.8) is 0 Å². The van der Waals surface area contributed by atoms with Gasteiger partial charge in [0, 0.05) is 15.8 Å². The van der Waals surface area contributed by atoms with E-state index in [1.165, 1.54) is 6.07 Å². The molecule has 1 amide bonds. The Bertz CT molecular complexity index is 1570. The van der Waals surface area contributed by atoms with Crippen LogP contribution in [0.3, 0.4) is 0 Å². The molecule has 2 aromatic carbocycles. The molecule has 0 fully saturated rings. The molecule has 1 N–H and O–H groups in total. The minimum atomic E-state index is -0.551. The van der Waals surface area contributed by atoms with E-state index in [9.17, 15) is 14.4 Å². The van der Waals surface area contributed by atoms with Crippen molar-refractivity contribution in [3.05, 3.63) is 87.2 Å². The number of ether oxygens (including phenoxy) is 2. The zero-order valence-electron chi connectivity index (χ0n) is 19.1. The highest BCUT2D eigenvalue weighted by molar-refractivity contribution is 7.10. The molecular formula is C28H20N2O5S. The smallest absolute Gasteiger partial charge is 0.339 e. The average molecular weight is 497 g/mol. The van der Waals surface area contributed by atoms with E-state index in [0.29, 0.717) is 39.9 Å². The number of rotatable bonds is 5. The first kappa shape index (κ1) is 22.2. The van der Waals surface area contributed by atoms with Crippen molar-refractivity contribution in [2.24, 2.45) is 0 Å². The van der Waals surface area contributed by atoms with Gasteiger partial charge in [-0.1, -0.05) is 24.3 Å². The number of anilines is 1. The average Bonchev–Trinajstić information content (AvgIpc) is 3.55. The number of pyridine rings is 1. The van der Waals surface area contributed by atoms with Crippen LogP contribution in [0.25, 0.3) is 22.6 Å². The van der Waals surface area contributed by atoms with E-state index in [2.05, 4.69) is 17.5 Å². The Hall–Kier alpha value is -4.30. The normalized spacial score (nSPS) is 15.2. The molecule has 7 nitrogen and oxygen atoms in total. The fraction of sp³-hybridized carbons (Fsp3) is 0.143. The van der Waals surface area contributed by atoms with Gasteiger partial charge in [0.05, 0.1) is 22.5 Å². The summed E-state index contributed by atoms with van der Waals surface area (Å²) in [5.74, 6) is -0.720. The van der Waals surface area contributed by atoms with Crippen LogP contribution in [0.15, 0.2) is 60.0 Å². The summed E-state index contributed by atoms with van der Waals surface area (Å²) in [6.45, 7) is -0.484. The van der Waals surface area contributed by atoms with E-state index in [0.717, 1.165) is 28.1 Å². The summed E-state index contributed by atoms with van der Waals surface area (Å²) in [4.78, 5) is 43.8. The molecule has 1 aliphatic heterocycles. The number of carbonyl (C=O) groups is 3. The second-order valence-electron chi connectivity index (χ2n) is 8.56. The van der Waals surface area contributed by atoms with Crippen molar-refractivity contribution >= 4 is 57.2 Å².